The number of carboxylic acid groups (broad SMARTS) is 1. The summed E-state index contributed by atoms with van der Waals surface area (Å²) in [5, 5.41) is 8.90. The smallest absolute Gasteiger partial charge is 0.352 e. The van der Waals surface area contributed by atoms with Crippen LogP contribution in [-0.4, -0.2) is 16.1 Å². The Labute approximate surface area is 84.5 Å². The number of nitrogens with one attached hydrogen (secondary N) is 1. The van der Waals surface area contributed by atoms with E-state index in [0.29, 0.717) is 5.56 Å². The fourth-order valence-electron chi connectivity index (χ4n) is 1.41. The number of hydrogen-bond donors (Lipinski definition) is 2. The van der Waals surface area contributed by atoms with Gasteiger partial charge in [0.15, 0.2) is 0 Å². The summed E-state index contributed by atoms with van der Waals surface area (Å²) in [6.45, 7) is 0. The van der Waals surface area contributed by atoms with Gasteiger partial charge in [-0.25, -0.2) is 4.79 Å². The molecule has 0 atom stereocenters. The molecule has 0 unspecified atom stereocenters. The lowest BCUT2D eigenvalue weighted by atomic mass is 10.1. The number of pyridine rings is 1. The van der Waals surface area contributed by atoms with Crippen LogP contribution in [0, 0.1) is 0 Å². The van der Waals surface area contributed by atoms with E-state index in [2.05, 4.69) is 4.98 Å². The lowest BCUT2D eigenvalue weighted by Gasteiger charge is -2.03. The summed E-state index contributed by atoms with van der Waals surface area (Å²) < 4.78 is 0. The van der Waals surface area contributed by atoms with Gasteiger partial charge in [-0.1, -0.05) is 11.6 Å². The number of aromatic nitrogens is 1. The van der Waals surface area contributed by atoms with E-state index < -0.39 is 11.5 Å². The lowest BCUT2D eigenvalue weighted by molar-refractivity contribution is 0.0689. The third kappa shape index (κ3) is 1.53. The van der Waals surface area contributed by atoms with Crippen molar-refractivity contribution in [3.63, 3.8) is 0 Å². The van der Waals surface area contributed by atoms with E-state index in [4.69, 9.17) is 16.7 Å². The maximum absolute atomic E-state index is 11.1. The van der Waals surface area contributed by atoms with E-state index in [0.717, 1.165) is 12.8 Å². The van der Waals surface area contributed by atoms with Crippen LogP contribution in [0.5, 0.6) is 0 Å². The molecule has 1 aromatic rings. The van der Waals surface area contributed by atoms with Crippen LogP contribution in [0.15, 0.2) is 10.9 Å². The Kier molecular flexibility index (Phi) is 2.07. The summed E-state index contributed by atoms with van der Waals surface area (Å²) in [6, 6.07) is 1.46. The molecule has 0 aromatic carbocycles. The first-order valence-corrected chi connectivity index (χ1v) is 4.63. The lowest BCUT2D eigenvalue weighted by Crippen LogP contribution is -2.15. The molecule has 0 amide bonds. The number of aromatic carboxylic acids is 1. The molecule has 1 fully saturated rings. The summed E-state index contributed by atoms with van der Waals surface area (Å²) in [5.74, 6) is -0.865. The molecule has 1 aromatic heterocycles. The van der Waals surface area contributed by atoms with E-state index in [9.17, 15) is 9.59 Å². The van der Waals surface area contributed by atoms with Crippen LogP contribution in [0.1, 0.15) is 34.8 Å². The first kappa shape index (κ1) is 9.27. The molecular formula is C9H8ClNO3. The molecule has 4 nitrogen and oxygen atoms in total. The minimum atomic E-state index is -1.11. The van der Waals surface area contributed by atoms with Crippen molar-refractivity contribution < 1.29 is 9.90 Å². The van der Waals surface area contributed by atoms with Crippen LogP contribution in [0.25, 0.3) is 0 Å². The minimum absolute atomic E-state index is 0.0260. The maximum atomic E-state index is 11.1. The average Bonchev–Trinajstić information content (AvgIpc) is 2.91. The average molecular weight is 214 g/mol. The normalized spacial score (nSPS) is 15.5. The Bertz CT molecular complexity index is 448. The predicted molar refractivity (Wildman–Crippen MR) is 51.0 cm³/mol. The van der Waals surface area contributed by atoms with E-state index >= 15 is 0 Å². The van der Waals surface area contributed by atoms with Gasteiger partial charge in [-0.15, -0.1) is 0 Å². The fourth-order valence-corrected chi connectivity index (χ4v) is 1.58. The SMILES string of the molecule is O=C(O)c1[nH]c(=O)c(Cl)cc1C1CC1. The Hall–Kier alpha value is -1.29. The molecule has 0 aliphatic heterocycles. The van der Waals surface area contributed by atoms with Gasteiger partial charge >= 0.3 is 5.97 Å². The molecule has 1 saturated carbocycles. The molecule has 14 heavy (non-hydrogen) atoms. The monoisotopic (exact) mass is 213 g/mol. The number of rotatable bonds is 2. The van der Waals surface area contributed by atoms with Gasteiger partial charge in [0.1, 0.15) is 10.7 Å². The Morgan fingerprint density at radius 3 is 2.71 bits per heavy atom. The van der Waals surface area contributed by atoms with Crippen LogP contribution in [-0.2, 0) is 0 Å². The van der Waals surface area contributed by atoms with Crippen LogP contribution in [0.4, 0.5) is 0 Å². The minimum Gasteiger partial charge on any atom is -0.477 e. The molecular weight excluding hydrogens is 206 g/mol. The van der Waals surface area contributed by atoms with E-state index in [-0.39, 0.29) is 16.6 Å². The van der Waals surface area contributed by atoms with Crippen molar-refractivity contribution in [2.24, 2.45) is 0 Å². The molecule has 1 aliphatic carbocycles. The van der Waals surface area contributed by atoms with Gasteiger partial charge in [0.25, 0.3) is 5.56 Å². The summed E-state index contributed by atoms with van der Waals surface area (Å²) >= 11 is 5.63. The zero-order valence-electron chi connectivity index (χ0n) is 7.21. The second kappa shape index (κ2) is 3.13. The zero-order valence-corrected chi connectivity index (χ0v) is 7.97. The number of hydrogen-bond acceptors (Lipinski definition) is 2. The molecule has 1 aliphatic rings. The topological polar surface area (TPSA) is 70.2 Å². The quantitative estimate of drug-likeness (QED) is 0.784. The first-order chi connectivity index (χ1) is 6.59. The molecule has 74 valence electrons. The second-order valence-corrected chi connectivity index (χ2v) is 3.76. The van der Waals surface area contributed by atoms with Gasteiger partial charge in [0.05, 0.1) is 0 Å². The van der Waals surface area contributed by atoms with Crippen molar-refractivity contribution in [3.8, 4) is 0 Å². The van der Waals surface area contributed by atoms with E-state index in [1.807, 2.05) is 0 Å². The number of carboxylic acids is 1. The highest BCUT2D eigenvalue weighted by Crippen LogP contribution is 2.41. The van der Waals surface area contributed by atoms with Crippen molar-refractivity contribution in [2.45, 2.75) is 18.8 Å². The standard InChI is InChI=1S/C9H8ClNO3/c10-6-3-5(4-1-2-4)7(9(13)14)11-8(6)12/h3-4H,1-2H2,(H,11,12)(H,13,14). The number of carbonyl (C=O) groups is 1. The summed E-state index contributed by atoms with van der Waals surface area (Å²) in [4.78, 5) is 24.2. The molecule has 0 radical (unpaired) electrons. The Morgan fingerprint density at radius 2 is 2.21 bits per heavy atom. The highest BCUT2D eigenvalue weighted by Gasteiger charge is 2.29. The molecule has 0 spiro atoms. The van der Waals surface area contributed by atoms with Gasteiger partial charge in [-0.05, 0) is 30.4 Å². The Morgan fingerprint density at radius 1 is 1.57 bits per heavy atom. The number of halogens is 1. The molecule has 1 heterocycles. The second-order valence-electron chi connectivity index (χ2n) is 3.36. The molecule has 0 bridgehead atoms. The van der Waals surface area contributed by atoms with Crippen LogP contribution >= 0.6 is 11.6 Å². The number of aromatic amines is 1. The predicted octanol–water partition coefficient (Wildman–Crippen LogP) is 1.60. The summed E-state index contributed by atoms with van der Waals surface area (Å²) in [5.41, 5.74) is 0.0671. The third-order valence-corrected chi connectivity index (χ3v) is 2.54. The maximum Gasteiger partial charge on any atom is 0.352 e. The molecule has 2 N–H and O–H groups in total. The van der Waals surface area contributed by atoms with Crippen molar-refractivity contribution in [1.29, 1.82) is 0 Å². The summed E-state index contributed by atoms with van der Waals surface area (Å²) in [6.07, 6.45) is 1.92. The summed E-state index contributed by atoms with van der Waals surface area (Å²) in [7, 11) is 0. The van der Waals surface area contributed by atoms with Gasteiger partial charge in [-0.3, -0.25) is 4.79 Å². The largest absolute Gasteiger partial charge is 0.477 e. The molecule has 0 saturated heterocycles. The highest BCUT2D eigenvalue weighted by molar-refractivity contribution is 6.30. The van der Waals surface area contributed by atoms with Crippen molar-refractivity contribution in [1.82, 2.24) is 4.98 Å². The van der Waals surface area contributed by atoms with Crippen molar-refractivity contribution in [3.05, 3.63) is 32.7 Å². The van der Waals surface area contributed by atoms with Crippen LogP contribution in [0.3, 0.4) is 0 Å². The van der Waals surface area contributed by atoms with Crippen LogP contribution < -0.4 is 5.56 Å². The third-order valence-electron chi connectivity index (χ3n) is 2.26. The zero-order chi connectivity index (χ0) is 10.3. The van der Waals surface area contributed by atoms with Gasteiger partial charge < -0.3 is 10.1 Å². The van der Waals surface area contributed by atoms with Crippen molar-refractivity contribution in [2.75, 3.05) is 0 Å². The van der Waals surface area contributed by atoms with Gasteiger partial charge in [0.2, 0.25) is 0 Å². The van der Waals surface area contributed by atoms with E-state index in [1.54, 1.807) is 0 Å². The Balaban J connectivity index is 2.60. The van der Waals surface area contributed by atoms with Crippen molar-refractivity contribution >= 4 is 17.6 Å². The van der Waals surface area contributed by atoms with Gasteiger partial charge in [0, 0.05) is 0 Å². The fraction of sp³-hybridized carbons (Fsp3) is 0.333. The van der Waals surface area contributed by atoms with E-state index in [1.165, 1.54) is 6.07 Å². The molecule has 5 heteroatoms. The molecule has 2 rings (SSSR count). The number of H-pyrrole nitrogens is 1. The first-order valence-electron chi connectivity index (χ1n) is 4.25. The van der Waals surface area contributed by atoms with Crippen LogP contribution in [0.2, 0.25) is 5.02 Å². The highest BCUT2D eigenvalue weighted by atomic mass is 35.5. The van der Waals surface area contributed by atoms with Gasteiger partial charge in [-0.2, -0.15) is 0 Å².